The fourth-order valence-corrected chi connectivity index (χ4v) is 2.01. The van der Waals surface area contributed by atoms with Crippen molar-refractivity contribution in [1.29, 1.82) is 0 Å². The molecule has 0 aliphatic carbocycles. The van der Waals surface area contributed by atoms with Crippen LogP contribution in [0.15, 0.2) is 23.8 Å². The van der Waals surface area contributed by atoms with Crippen LogP contribution in [0.1, 0.15) is 16.8 Å². The molecule has 1 aliphatic heterocycles. The fraction of sp³-hybridized carbons (Fsp3) is 0.308. The van der Waals surface area contributed by atoms with Crippen LogP contribution in [-0.2, 0) is 0 Å². The van der Waals surface area contributed by atoms with Gasteiger partial charge in [0, 0.05) is 24.7 Å². The molecule has 0 spiro atoms. The number of nitrogens with zero attached hydrogens (tertiary/aromatic N) is 1. The Morgan fingerprint density at radius 2 is 1.86 bits per heavy atom. The van der Waals surface area contributed by atoms with Gasteiger partial charge in [0.1, 0.15) is 11.6 Å². The first kappa shape index (κ1) is 15.3. The zero-order valence-electron chi connectivity index (χ0n) is 10.7. The number of halogens is 5. The van der Waals surface area contributed by atoms with Gasteiger partial charge in [0.15, 0.2) is 0 Å². The van der Waals surface area contributed by atoms with Gasteiger partial charge in [-0.25, -0.2) is 8.78 Å². The highest BCUT2D eigenvalue weighted by atomic mass is 19.4. The lowest BCUT2D eigenvalue weighted by Crippen LogP contribution is -2.37. The predicted molar refractivity (Wildman–Crippen MR) is 65.4 cm³/mol. The van der Waals surface area contributed by atoms with Gasteiger partial charge in [-0.2, -0.15) is 13.2 Å². The first-order chi connectivity index (χ1) is 9.70. The van der Waals surface area contributed by atoms with Crippen molar-refractivity contribution in [2.45, 2.75) is 12.6 Å². The van der Waals surface area contributed by atoms with Gasteiger partial charge >= 0.3 is 6.18 Å². The summed E-state index contributed by atoms with van der Waals surface area (Å²) in [4.78, 5) is 13.1. The molecule has 0 unspecified atom stereocenters. The van der Waals surface area contributed by atoms with Crippen LogP contribution in [0.25, 0.3) is 0 Å². The number of rotatable bonds is 1. The van der Waals surface area contributed by atoms with Crippen molar-refractivity contribution in [2.75, 3.05) is 18.8 Å². The quantitative estimate of drug-likeness (QED) is 0.493. The summed E-state index contributed by atoms with van der Waals surface area (Å²) in [7, 11) is 0. The second kappa shape index (κ2) is 5.34. The number of anilines is 1. The van der Waals surface area contributed by atoms with E-state index < -0.39 is 40.5 Å². The topological polar surface area (TPSA) is 46.3 Å². The van der Waals surface area contributed by atoms with Gasteiger partial charge in [0.05, 0.1) is 11.3 Å². The van der Waals surface area contributed by atoms with Gasteiger partial charge in [-0.1, -0.05) is 6.08 Å². The lowest BCUT2D eigenvalue weighted by molar-refractivity contribution is -0.0957. The van der Waals surface area contributed by atoms with E-state index in [2.05, 4.69) is 0 Å². The molecular weight excluding hydrogens is 295 g/mol. The molecule has 0 aromatic heterocycles. The van der Waals surface area contributed by atoms with E-state index in [0.717, 1.165) is 17.0 Å². The molecule has 21 heavy (non-hydrogen) atoms. The lowest BCUT2D eigenvalue weighted by atomic mass is 10.1. The molecule has 1 aromatic rings. The lowest BCUT2D eigenvalue weighted by Gasteiger charge is -2.27. The minimum Gasteiger partial charge on any atom is -0.396 e. The molecule has 0 fully saturated rings. The number of amides is 1. The Morgan fingerprint density at radius 1 is 1.19 bits per heavy atom. The molecule has 8 heteroatoms. The number of carbonyl (C=O) groups is 1. The molecule has 3 nitrogen and oxygen atoms in total. The minimum atomic E-state index is -4.43. The monoisotopic (exact) mass is 306 g/mol. The first-order valence-electron chi connectivity index (χ1n) is 6.00. The van der Waals surface area contributed by atoms with Crippen molar-refractivity contribution in [3.63, 3.8) is 0 Å². The van der Waals surface area contributed by atoms with Crippen LogP contribution in [-0.4, -0.2) is 30.1 Å². The highest BCUT2D eigenvalue weighted by Crippen LogP contribution is 2.30. The summed E-state index contributed by atoms with van der Waals surface area (Å²) in [6, 6.07) is 1.32. The SMILES string of the molecule is Nc1cc(C(=O)N2CC=C(C(F)(F)F)CC2)c(F)cc1F. The van der Waals surface area contributed by atoms with Crippen molar-refractivity contribution in [1.82, 2.24) is 4.90 Å². The second-order valence-corrected chi connectivity index (χ2v) is 4.58. The zero-order valence-corrected chi connectivity index (χ0v) is 10.7. The molecule has 0 radical (unpaired) electrons. The number of hydrogen-bond acceptors (Lipinski definition) is 2. The molecule has 0 bridgehead atoms. The predicted octanol–water partition coefficient (Wildman–Crippen LogP) is 2.88. The first-order valence-corrected chi connectivity index (χ1v) is 6.00. The van der Waals surface area contributed by atoms with Crippen LogP contribution in [0, 0.1) is 11.6 Å². The largest absolute Gasteiger partial charge is 0.412 e. The summed E-state index contributed by atoms with van der Waals surface area (Å²) >= 11 is 0. The smallest absolute Gasteiger partial charge is 0.396 e. The molecular formula is C13H11F5N2O. The van der Waals surface area contributed by atoms with Gasteiger partial charge < -0.3 is 10.6 Å². The van der Waals surface area contributed by atoms with Crippen molar-refractivity contribution in [3.05, 3.63) is 41.0 Å². The van der Waals surface area contributed by atoms with Gasteiger partial charge in [0.25, 0.3) is 5.91 Å². The summed E-state index contributed by atoms with van der Waals surface area (Å²) < 4.78 is 64.0. The normalized spacial score (nSPS) is 15.9. The van der Waals surface area contributed by atoms with Crippen LogP contribution in [0.2, 0.25) is 0 Å². The number of benzene rings is 1. The fourth-order valence-electron chi connectivity index (χ4n) is 2.01. The van der Waals surface area contributed by atoms with E-state index >= 15 is 0 Å². The summed E-state index contributed by atoms with van der Waals surface area (Å²) in [6.07, 6.45) is -3.92. The van der Waals surface area contributed by atoms with E-state index in [1.165, 1.54) is 0 Å². The average Bonchev–Trinajstić information content (AvgIpc) is 2.41. The van der Waals surface area contributed by atoms with Crippen LogP contribution in [0.4, 0.5) is 27.6 Å². The van der Waals surface area contributed by atoms with Gasteiger partial charge in [-0.15, -0.1) is 0 Å². The highest BCUT2D eigenvalue weighted by Gasteiger charge is 2.35. The van der Waals surface area contributed by atoms with E-state index in [9.17, 15) is 26.7 Å². The van der Waals surface area contributed by atoms with E-state index in [1.807, 2.05) is 0 Å². The number of nitrogens with two attached hydrogens (primary N) is 1. The maximum absolute atomic E-state index is 13.6. The van der Waals surface area contributed by atoms with E-state index in [-0.39, 0.29) is 19.5 Å². The van der Waals surface area contributed by atoms with E-state index in [1.54, 1.807) is 0 Å². The third kappa shape index (κ3) is 3.14. The molecule has 2 rings (SSSR count). The summed E-state index contributed by atoms with van der Waals surface area (Å²) in [5.74, 6) is -2.92. The Bertz CT molecular complexity index is 609. The van der Waals surface area contributed by atoms with E-state index in [4.69, 9.17) is 5.73 Å². The molecule has 0 atom stereocenters. The van der Waals surface area contributed by atoms with Crippen molar-refractivity contribution < 1.29 is 26.7 Å². The average molecular weight is 306 g/mol. The molecule has 1 aromatic carbocycles. The second-order valence-electron chi connectivity index (χ2n) is 4.58. The molecule has 0 saturated carbocycles. The molecule has 0 saturated heterocycles. The van der Waals surface area contributed by atoms with Crippen LogP contribution in [0.3, 0.4) is 0 Å². The van der Waals surface area contributed by atoms with Crippen LogP contribution in [0.5, 0.6) is 0 Å². The summed E-state index contributed by atoms with van der Waals surface area (Å²) in [6.45, 7) is -0.481. The molecule has 2 N–H and O–H groups in total. The molecule has 1 aliphatic rings. The Kier molecular flexibility index (Phi) is 3.89. The van der Waals surface area contributed by atoms with Gasteiger partial charge in [-0.05, 0) is 12.5 Å². The van der Waals surface area contributed by atoms with Gasteiger partial charge in [0.2, 0.25) is 0 Å². The Hall–Kier alpha value is -2.12. The third-order valence-corrected chi connectivity index (χ3v) is 3.18. The Morgan fingerprint density at radius 3 is 2.38 bits per heavy atom. The van der Waals surface area contributed by atoms with E-state index in [0.29, 0.717) is 6.07 Å². The van der Waals surface area contributed by atoms with Crippen molar-refractivity contribution in [3.8, 4) is 0 Å². The summed E-state index contributed by atoms with van der Waals surface area (Å²) in [5, 5.41) is 0. The maximum atomic E-state index is 13.6. The van der Waals surface area contributed by atoms with Crippen molar-refractivity contribution >= 4 is 11.6 Å². The number of nitrogen functional groups attached to an aromatic ring is 1. The number of carbonyl (C=O) groups excluding carboxylic acids is 1. The maximum Gasteiger partial charge on any atom is 0.412 e. The van der Waals surface area contributed by atoms with Crippen molar-refractivity contribution in [2.24, 2.45) is 0 Å². The Labute approximate surface area is 116 Å². The van der Waals surface area contributed by atoms with Crippen LogP contribution >= 0.6 is 0 Å². The standard InChI is InChI=1S/C13H11F5N2O/c14-9-6-10(15)11(19)5-8(9)12(21)20-3-1-7(2-4-20)13(16,17)18/h1,5-6H,2-4,19H2. The van der Waals surface area contributed by atoms with Crippen LogP contribution < -0.4 is 5.73 Å². The number of hydrogen-bond donors (Lipinski definition) is 1. The highest BCUT2D eigenvalue weighted by molar-refractivity contribution is 5.95. The number of alkyl halides is 3. The molecule has 114 valence electrons. The van der Waals surface area contributed by atoms with Gasteiger partial charge in [-0.3, -0.25) is 4.79 Å². The molecule has 1 heterocycles. The Balaban J connectivity index is 2.20. The minimum absolute atomic E-state index is 0.194. The third-order valence-electron chi connectivity index (χ3n) is 3.18. The zero-order chi connectivity index (χ0) is 15.8. The summed E-state index contributed by atoms with van der Waals surface area (Å²) in [5.41, 5.74) is 3.69. The molecule has 1 amide bonds.